The van der Waals surface area contributed by atoms with Crippen LogP contribution in [0.5, 0.6) is 0 Å². The van der Waals surface area contributed by atoms with Crippen molar-refractivity contribution < 1.29 is 26.7 Å². The minimum Gasteiger partial charge on any atom is -0.444 e. The molecule has 1 aromatic carbocycles. The van der Waals surface area contributed by atoms with Crippen LogP contribution >= 0.6 is 0 Å². The number of cyclic esters (lactones) is 1. The number of sulfone groups is 1. The molecule has 3 fully saturated rings. The molecular weight excluding hydrogens is 420 g/mol. The van der Waals surface area contributed by atoms with Gasteiger partial charge in [-0.2, -0.15) is 0 Å². The van der Waals surface area contributed by atoms with Gasteiger partial charge in [0.05, 0.1) is 30.3 Å². The van der Waals surface area contributed by atoms with Crippen LogP contribution in [0.15, 0.2) is 17.2 Å². The summed E-state index contributed by atoms with van der Waals surface area (Å²) in [6.45, 7) is 0.855. The van der Waals surface area contributed by atoms with E-state index in [0.717, 1.165) is 17.0 Å². The van der Waals surface area contributed by atoms with E-state index >= 15 is 0 Å². The summed E-state index contributed by atoms with van der Waals surface area (Å²) in [6, 6.07) is 2.19. The van der Waals surface area contributed by atoms with Crippen molar-refractivity contribution >= 4 is 27.3 Å². The fraction of sp³-hybridized carbons (Fsp3) is 0.611. The zero-order valence-corrected chi connectivity index (χ0v) is 16.9. The van der Waals surface area contributed by atoms with E-state index in [-0.39, 0.29) is 47.8 Å². The van der Waals surface area contributed by atoms with Gasteiger partial charge in [0.1, 0.15) is 11.8 Å². The Morgan fingerprint density at radius 3 is 2.37 bits per heavy atom. The quantitative estimate of drug-likeness (QED) is 0.396. The van der Waals surface area contributed by atoms with Gasteiger partial charge < -0.3 is 9.64 Å². The highest BCUT2D eigenvalue weighted by Crippen LogP contribution is 2.37. The highest BCUT2D eigenvalue weighted by molar-refractivity contribution is 7.92. The number of azide groups is 1. The topological polar surface area (TPSA) is 116 Å². The van der Waals surface area contributed by atoms with Crippen LogP contribution < -0.4 is 9.80 Å². The normalized spacial score (nSPS) is 24.3. The van der Waals surface area contributed by atoms with Crippen LogP contribution in [0.1, 0.15) is 12.8 Å². The number of hydrogen-bond acceptors (Lipinski definition) is 6. The number of halogens is 2. The molecule has 0 bridgehead atoms. The van der Waals surface area contributed by atoms with Crippen LogP contribution in [0.25, 0.3) is 10.4 Å². The minimum atomic E-state index is -2.89. The van der Waals surface area contributed by atoms with Gasteiger partial charge >= 0.3 is 6.09 Å². The van der Waals surface area contributed by atoms with Crippen molar-refractivity contribution in [3.63, 3.8) is 0 Å². The summed E-state index contributed by atoms with van der Waals surface area (Å²) >= 11 is 0. The molecule has 1 atom stereocenters. The first-order valence-electron chi connectivity index (χ1n) is 9.71. The Bertz CT molecular complexity index is 971. The lowest BCUT2D eigenvalue weighted by Crippen LogP contribution is -2.46. The van der Waals surface area contributed by atoms with Crippen LogP contribution in [0, 0.1) is 23.5 Å². The van der Waals surface area contributed by atoms with Gasteiger partial charge in [-0.15, -0.1) is 0 Å². The van der Waals surface area contributed by atoms with Crippen LogP contribution in [-0.4, -0.2) is 58.3 Å². The zero-order chi connectivity index (χ0) is 21.5. The van der Waals surface area contributed by atoms with Crippen molar-refractivity contribution in [2.75, 3.05) is 47.5 Å². The Hall–Kier alpha value is -2.59. The molecule has 0 spiro atoms. The van der Waals surface area contributed by atoms with Gasteiger partial charge in [-0.1, -0.05) is 5.11 Å². The number of carbonyl (C=O) groups excluding carboxylic acids is 1. The van der Waals surface area contributed by atoms with Crippen molar-refractivity contribution in [1.82, 2.24) is 0 Å². The van der Waals surface area contributed by atoms with Crippen molar-refractivity contribution in [2.45, 2.75) is 18.9 Å². The molecule has 1 amide bonds. The van der Waals surface area contributed by atoms with Gasteiger partial charge in [0.15, 0.2) is 21.5 Å². The molecule has 3 aliphatic heterocycles. The highest BCUT2D eigenvalue weighted by Gasteiger charge is 2.40. The number of hydrogen-bond donors (Lipinski definition) is 0. The maximum absolute atomic E-state index is 14.8. The molecule has 0 N–H and O–H groups in total. The van der Waals surface area contributed by atoms with Gasteiger partial charge in [0.2, 0.25) is 0 Å². The number of amides is 1. The van der Waals surface area contributed by atoms with E-state index in [1.807, 2.05) is 0 Å². The van der Waals surface area contributed by atoms with Crippen molar-refractivity contribution in [2.24, 2.45) is 17.0 Å². The third-order valence-electron chi connectivity index (χ3n) is 5.99. The Kier molecular flexibility index (Phi) is 5.46. The summed E-state index contributed by atoms with van der Waals surface area (Å²) in [5, 5.41) is 3.35. The molecule has 12 heteroatoms. The summed E-state index contributed by atoms with van der Waals surface area (Å²) in [6.07, 6.45) is -0.0646. The number of anilines is 2. The molecule has 3 heterocycles. The Labute approximate surface area is 172 Å². The molecule has 3 saturated heterocycles. The maximum Gasteiger partial charge on any atom is 0.414 e. The Morgan fingerprint density at radius 1 is 1.17 bits per heavy atom. The van der Waals surface area contributed by atoms with E-state index in [1.54, 1.807) is 4.90 Å². The first-order chi connectivity index (χ1) is 14.3. The second kappa shape index (κ2) is 7.92. The molecule has 9 nitrogen and oxygen atoms in total. The molecule has 1 aromatic rings. The third-order valence-corrected chi connectivity index (χ3v) is 7.87. The average molecular weight is 441 g/mol. The number of ether oxygens (including phenoxy) is 1. The molecule has 0 aliphatic carbocycles. The lowest BCUT2D eigenvalue weighted by molar-refractivity contribution is 0.145. The SMILES string of the molecule is [N-]=[N+]=NC[C@H]1CN(c2cc(F)c(N3CCC(C4CS(=O)(=O)C4)CC3)c(F)c2)C(=O)O1. The van der Waals surface area contributed by atoms with E-state index in [0.29, 0.717) is 25.9 Å². The molecule has 0 aromatic heterocycles. The van der Waals surface area contributed by atoms with Crippen LogP contribution in [-0.2, 0) is 14.6 Å². The van der Waals surface area contributed by atoms with E-state index in [4.69, 9.17) is 10.3 Å². The second-order valence-corrected chi connectivity index (χ2v) is 10.1. The molecule has 0 saturated carbocycles. The first kappa shape index (κ1) is 20.7. The van der Waals surface area contributed by atoms with Crippen molar-refractivity contribution in [3.05, 3.63) is 34.2 Å². The van der Waals surface area contributed by atoms with E-state index in [9.17, 15) is 22.0 Å². The lowest BCUT2D eigenvalue weighted by atomic mass is 9.86. The van der Waals surface area contributed by atoms with Crippen LogP contribution in [0.4, 0.5) is 25.0 Å². The summed E-state index contributed by atoms with van der Waals surface area (Å²) < 4.78 is 57.4. The summed E-state index contributed by atoms with van der Waals surface area (Å²) in [5.41, 5.74) is 8.26. The molecule has 0 unspecified atom stereocenters. The van der Waals surface area contributed by atoms with Gasteiger partial charge in [-0.3, -0.25) is 4.90 Å². The number of piperidine rings is 1. The average Bonchev–Trinajstić information content (AvgIpc) is 3.05. The van der Waals surface area contributed by atoms with Gasteiger partial charge in [0.25, 0.3) is 0 Å². The van der Waals surface area contributed by atoms with Crippen LogP contribution in [0.3, 0.4) is 0 Å². The fourth-order valence-electron chi connectivity index (χ4n) is 4.44. The third kappa shape index (κ3) is 4.01. The minimum absolute atomic E-state index is 0.0335. The summed E-state index contributed by atoms with van der Waals surface area (Å²) in [5.74, 6) is -0.734. The predicted molar refractivity (Wildman–Crippen MR) is 105 cm³/mol. The van der Waals surface area contributed by atoms with Crippen molar-refractivity contribution in [3.8, 4) is 0 Å². The lowest BCUT2D eigenvalue weighted by Gasteiger charge is -2.40. The predicted octanol–water partition coefficient (Wildman–Crippen LogP) is 2.86. The number of carbonyl (C=O) groups is 1. The van der Waals surface area contributed by atoms with Gasteiger partial charge in [-0.05, 0) is 30.2 Å². The van der Waals surface area contributed by atoms with Gasteiger partial charge in [-0.25, -0.2) is 22.0 Å². The molecule has 3 aliphatic rings. The molecule has 0 radical (unpaired) electrons. The Morgan fingerprint density at radius 2 is 1.80 bits per heavy atom. The number of benzene rings is 1. The number of nitrogens with zero attached hydrogens (tertiary/aromatic N) is 5. The fourth-order valence-corrected chi connectivity index (χ4v) is 6.19. The molecular formula is C18H21F2N5O4S. The first-order valence-corrected chi connectivity index (χ1v) is 11.5. The smallest absolute Gasteiger partial charge is 0.414 e. The molecule has 162 valence electrons. The standard InChI is InChI=1S/C18H21F2N5O4S/c19-15-5-13(25-8-14(7-22-23-21)29-18(25)26)6-16(20)17(15)24-3-1-11(2-4-24)12-9-30(27,28)10-12/h5-6,11-12,14H,1-4,7-10H2/t14-/m0/s1. The monoisotopic (exact) mass is 441 g/mol. The summed E-state index contributed by atoms with van der Waals surface area (Å²) in [7, 11) is -2.89. The Balaban J connectivity index is 1.44. The van der Waals surface area contributed by atoms with E-state index in [1.165, 1.54) is 0 Å². The largest absolute Gasteiger partial charge is 0.444 e. The molecule has 4 rings (SSSR count). The van der Waals surface area contributed by atoms with E-state index in [2.05, 4.69) is 10.0 Å². The zero-order valence-electron chi connectivity index (χ0n) is 16.1. The summed E-state index contributed by atoms with van der Waals surface area (Å²) in [4.78, 5) is 17.4. The van der Waals surface area contributed by atoms with Crippen LogP contribution in [0.2, 0.25) is 0 Å². The van der Waals surface area contributed by atoms with Gasteiger partial charge in [0, 0.05) is 30.1 Å². The maximum atomic E-state index is 14.8. The van der Waals surface area contributed by atoms with Crippen molar-refractivity contribution in [1.29, 1.82) is 0 Å². The van der Waals surface area contributed by atoms with E-state index < -0.39 is 33.7 Å². The highest BCUT2D eigenvalue weighted by atomic mass is 32.2. The number of rotatable bonds is 5. The molecule has 30 heavy (non-hydrogen) atoms. The second-order valence-electron chi connectivity index (χ2n) is 7.95.